The number of nitrogens with one attached hydrogen (secondary N) is 1. The smallest absolute Gasteiger partial charge is 0.408 e. The molecule has 3 aliphatic carbocycles. The molecule has 3 N–H and O–H groups in total. The molecule has 2 bridgehead atoms. The van der Waals surface area contributed by atoms with Gasteiger partial charge in [-0.15, -0.1) is 0 Å². The Hall–Kier alpha value is -4.67. The summed E-state index contributed by atoms with van der Waals surface area (Å²) in [5, 5.41) is 27.7. The summed E-state index contributed by atoms with van der Waals surface area (Å²) in [5.41, 5.74) is -5.11. The maximum Gasteiger partial charge on any atom is 0.408 e. The largest absolute Gasteiger partial charge is 0.456 e. The van der Waals surface area contributed by atoms with Gasteiger partial charge in [-0.3, -0.25) is 9.59 Å². The van der Waals surface area contributed by atoms with Crippen LogP contribution < -0.4 is 5.32 Å². The lowest BCUT2D eigenvalue weighted by molar-refractivity contribution is -0.344. The maximum absolute atomic E-state index is 15.4. The highest BCUT2D eigenvalue weighted by Gasteiger charge is 2.77. The normalized spacial score (nSPS) is 33.7. The first-order valence-electron chi connectivity index (χ1n) is 19.8. The molecule has 1 saturated heterocycles. The van der Waals surface area contributed by atoms with E-state index in [0.717, 1.165) is 0 Å². The third-order valence-electron chi connectivity index (χ3n) is 12.6. The van der Waals surface area contributed by atoms with Gasteiger partial charge in [0, 0.05) is 39.9 Å². The van der Waals surface area contributed by atoms with Gasteiger partial charge in [0.05, 0.1) is 35.6 Å². The highest BCUT2D eigenvalue weighted by molar-refractivity contribution is 5.94. The van der Waals surface area contributed by atoms with Crippen molar-refractivity contribution in [2.45, 2.75) is 121 Å². The zero-order valence-electron chi connectivity index (χ0n) is 34.9. The second kappa shape index (κ2) is 16.4. The van der Waals surface area contributed by atoms with Crippen LogP contribution in [0.2, 0.25) is 0 Å². The lowest BCUT2D eigenvalue weighted by Gasteiger charge is -2.66. The van der Waals surface area contributed by atoms with Crippen molar-refractivity contribution < 1.29 is 67.3 Å². The lowest BCUT2D eigenvalue weighted by atomic mass is 9.47. The third kappa shape index (κ3) is 7.79. The van der Waals surface area contributed by atoms with E-state index < -0.39 is 113 Å². The Labute approximate surface area is 343 Å². The fraction of sp³-hybridized carbons (Fsp3) is 0.568. The van der Waals surface area contributed by atoms with E-state index in [0.29, 0.717) is 11.1 Å². The Morgan fingerprint density at radius 1 is 0.966 bits per heavy atom. The van der Waals surface area contributed by atoms with Crippen molar-refractivity contribution in [3.63, 3.8) is 0 Å². The Morgan fingerprint density at radius 2 is 1.59 bits per heavy atom. The number of hydrogen-bond acceptors (Lipinski definition) is 14. The molecule has 6 rings (SSSR count). The molecule has 4 aliphatic rings. The number of aliphatic hydroxyl groups excluding tert-OH is 1. The van der Waals surface area contributed by atoms with E-state index in [4.69, 9.17) is 33.2 Å². The average Bonchev–Trinajstić information content (AvgIpc) is 3.18. The predicted octanol–water partition coefficient (Wildman–Crippen LogP) is 4.18. The number of Topliss-reactive ketones (excluding diaryl/α,β-unsaturated/α-hetero) is 1. The van der Waals surface area contributed by atoms with Crippen LogP contribution in [0.25, 0.3) is 0 Å². The average molecular weight is 822 g/mol. The summed E-state index contributed by atoms with van der Waals surface area (Å²) in [5.74, 6) is -5.47. The highest BCUT2D eigenvalue weighted by atomic mass is 16.6. The van der Waals surface area contributed by atoms with Crippen LogP contribution in [0.1, 0.15) is 83.3 Å². The minimum Gasteiger partial charge on any atom is -0.456 e. The molecule has 1 heterocycles. The minimum atomic E-state index is -2.16. The molecular weight excluding hydrogens is 766 g/mol. The molecule has 1 amide bonds. The van der Waals surface area contributed by atoms with Gasteiger partial charge in [0.2, 0.25) is 0 Å². The second-order valence-corrected chi connectivity index (χ2v) is 17.2. The number of hydrogen-bond donors (Lipinski definition) is 3. The molecule has 3 fully saturated rings. The summed E-state index contributed by atoms with van der Waals surface area (Å²) in [4.78, 5) is 69.7. The number of aliphatic hydroxyl groups is 2. The lowest BCUT2D eigenvalue weighted by Crippen LogP contribution is -2.81. The standard InChI is InChI=1S/C44H55NO14/c1-23-28(56-39(50)33(47)32(26-16-12-10-13-17-26)45-40(51)59-41(4,5)6)21-43(52)24(2)31(23)34(54-9)36(48)42(7)29(53-8)20-30-44(22-55-30,58-25(3)46)35(42)37(43)57-38(49)27-18-14-11-15-19-27/h10-19,24,28-30,32-35,37,47,52H,20-22H2,1-9H3,(H,45,51)/t24-,28+,29+,30-,32-,33-,34-,35?,37+,42-,43+,44+/m1/s1. The van der Waals surface area contributed by atoms with Crippen LogP contribution >= 0.6 is 0 Å². The van der Waals surface area contributed by atoms with Crippen molar-refractivity contribution in [1.29, 1.82) is 0 Å². The number of carbonyl (C=O) groups is 5. The summed E-state index contributed by atoms with van der Waals surface area (Å²) >= 11 is 0. The van der Waals surface area contributed by atoms with Gasteiger partial charge in [-0.25, -0.2) is 14.4 Å². The first-order valence-corrected chi connectivity index (χ1v) is 19.8. The maximum atomic E-state index is 15.4. The third-order valence-corrected chi connectivity index (χ3v) is 12.6. The van der Waals surface area contributed by atoms with E-state index >= 15 is 4.79 Å². The number of amides is 1. The molecule has 2 aromatic carbocycles. The summed E-state index contributed by atoms with van der Waals surface area (Å²) in [6.45, 7) is 11.0. The van der Waals surface area contributed by atoms with Crippen LogP contribution in [-0.4, -0.2) is 114 Å². The zero-order chi connectivity index (χ0) is 43.2. The Balaban J connectivity index is 1.49. The SMILES string of the molecule is CO[C@H]1C(=O)[C@@]2(C)C([C@H](OC(=O)c3ccccc3)[C@]3(O)C[C@H](OC(=O)[C@H](O)[C@H](NC(=O)OC(C)(C)C)c4ccccc4)C(C)=C1[C@H]3C)[C@]1(OC(C)=O)CO[C@@H]1C[C@@H]2OC. The van der Waals surface area contributed by atoms with E-state index in [1.54, 1.807) is 90.1 Å². The van der Waals surface area contributed by atoms with Gasteiger partial charge in [0.25, 0.3) is 0 Å². The highest BCUT2D eigenvalue weighted by Crippen LogP contribution is 2.62. The number of ketones is 1. The second-order valence-electron chi connectivity index (χ2n) is 17.2. The Kier molecular flexibility index (Phi) is 12.2. The van der Waals surface area contributed by atoms with Gasteiger partial charge in [0.1, 0.15) is 35.6 Å². The number of methoxy groups -OCH3 is 2. The van der Waals surface area contributed by atoms with Crippen molar-refractivity contribution in [1.82, 2.24) is 5.32 Å². The zero-order valence-corrected chi connectivity index (χ0v) is 34.9. The van der Waals surface area contributed by atoms with Crippen molar-refractivity contribution in [3.8, 4) is 0 Å². The molecular formula is C44H55NO14. The minimum absolute atomic E-state index is 0.127. The van der Waals surface area contributed by atoms with E-state index in [9.17, 15) is 29.4 Å². The van der Waals surface area contributed by atoms with Crippen LogP contribution in [0, 0.1) is 17.3 Å². The molecule has 2 aromatic rings. The predicted molar refractivity (Wildman–Crippen MR) is 209 cm³/mol. The molecule has 59 heavy (non-hydrogen) atoms. The number of carbonyl (C=O) groups excluding carboxylic acids is 5. The summed E-state index contributed by atoms with van der Waals surface area (Å²) in [6.07, 6.45) is -9.17. The van der Waals surface area contributed by atoms with Crippen molar-refractivity contribution in [2.75, 3.05) is 20.8 Å². The van der Waals surface area contributed by atoms with E-state index in [1.807, 2.05) is 0 Å². The number of esters is 3. The van der Waals surface area contributed by atoms with Gasteiger partial charge in [-0.1, -0.05) is 55.5 Å². The summed E-state index contributed by atoms with van der Waals surface area (Å²) in [7, 11) is 2.78. The molecule has 0 radical (unpaired) electrons. The van der Waals surface area contributed by atoms with Crippen LogP contribution in [0.15, 0.2) is 71.8 Å². The van der Waals surface area contributed by atoms with E-state index in [2.05, 4.69) is 5.32 Å². The number of alkyl carbamates (subject to hydrolysis) is 1. The van der Waals surface area contributed by atoms with Gasteiger partial charge in [0.15, 0.2) is 17.5 Å². The Morgan fingerprint density at radius 3 is 2.14 bits per heavy atom. The van der Waals surface area contributed by atoms with E-state index in [1.165, 1.54) is 33.3 Å². The Bertz CT molecular complexity index is 1960. The van der Waals surface area contributed by atoms with Crippen LogP contribution in [0.3, 0.4) is 0 Å². The molecule has 0 spiro atoms. The van der Waals surface area contributed by atoms with Crippen LogP contribution in [0.5, 0.6) is 0 Å². The molecule has 1 unspecified atom stereocenters. The van der Waals surface area contributed by atoms with Crippen molar-refractivity contribution in [3.05, 3.63) is 82.9 Å². The van der Waals surface area contributed by atoms with Crippen molar-refractivity contribution >= 4 is 29.8 Å². The molecule has 0 aromatic heterocycles. The molecule has 15 nitrogen and oxygen atoms in total. The van der Waals surface area contributed by atoms with Gasteiger partial charge in [-0.05, 0) is 63.5 Å². The number of benzene rings is 2. The van der Waals surface area contributed by atoms with E-state index in [-0.39, 0.29) is 24.2 Å². The number of fused-ring (bicyclic) bond motifs is 5. The number of rotatable bonds is 10. The summed E-state index contributed by atoms with van der Waals surface area (Å²) in [6, 6.07) is 15.1. The van der Waals surface area contributed by atoms with Gasteiger partial charge in [-0.2, -0.15) is 0 Å². The molecule has 320 valence electrons. The van der Waals surface area contributed by atoms with Crippen LogP contribution in [0.4, 0.5) is 4.79 Å². The van der Waals surface area contributed by atoms with Gasteiger partial charge < -0.3 is 48.7 Å². The quantitative estimate of drug-likeness (QED) is 0.175. The first-order chi connectivity index (χ1) is 27.7. The van der Waals surface area contributed by atoms with Crippen molar-refractivity contribution in [2.24, 2.45) is 17.3 Å². The number of ether oxygens (including phenoxy) is 7. The summed E-state index contributed by atoms with van der Waals surface area (Å²) < 4.78 is 42.1. The fourth-order valence-electron chi connectivity index (χ4n) is 9.73. The molecule has 15 heteroatoms. The molecule has 1 aliphatic heterocycles. The van der Waals surface area contributed by atoms with Crippen LogP contribution in [-0.2, 0) is 47.5 Å². The first kappa shape index (κ1) is 43.9. The molecule has 12 atom stereocenters. The molecule has 2 saturated carbocycles. The monoisotopic (exact) mass is 821 g/mol. The fourth-order valence-corrected chi connectivity index (χ4v) is 9.73. The van der Waals surface area contributed by atoms with Gasteiger partial charge >= 0.3 is 24.0 Å². The topological polar surface area (TPSA) is 202 Å².